The number of aromatic nitrogens is 3. The zero-order chi connectivity index (χ0) is 17.6. The summed E-state index contributed by atoms with van der Waals surface area (Å²) in [7, 11) is 0. The van der Waals surface area contributed by atoms with Gasteiger partial charge in [-0.3, -0.25) is 4.79 Å². The molecular formula is C19H26N4O2. The van der Waals surface area contributed by atoms with Gasteiger partial charge in [-0.1, -0.05) is 24.6 Å². The van der Waals surface area contributed by atoms with Gasteiger partial charge in [-0.2, -0.15) is 0 Å². The van der Waals surface area contributed by atoms with Gasteiger partial charge >= 0.3 is 0 Å². The SMILES string of the molecule is Cc1ccccc1OCCC(=O)N[C@@H](C)c1nnc2n1CCCCC2. The van der Waals surface area contributed by atoms with Gasteiger partial charge in [0.05, 0.1) is 19.1 Å². The molecule has 6 heteroatoms. The van der Waals surface area contributed by atoms with Crippen molar-refractivity contribution in [1.29, 1.82) is 0 Å². The van der Waals surface area contributed by atoms with Crippen LogP contribution < -0.4 is 10.1 Å². The molecule has 1 aliphatic rings. The first kappa shape index (κ1) is 17.5. The Hall–Kier alpha value is -2.37. The molecule has 3 rings (SSSR count). The third kappa shape index (κ3) is 4.38. The molecule has 1 N–H and O–H groups in total. The highest BCUT2D eigenvalue weighted by molar-refractivity contribution is 5.76. The predicted molar refractivity (Wildman–Crippen MR) is 95.4 cm³/mol. The number of carbonyl (C=O) groups is 1. The van der Waals surface area contributed by atoms with E-state index in [4.69, 9.17) is 4.74 Å². The van der Waals surface area contributed by atoms with Gasteiger partial charge in [0.25, 0.3) is 0 Å². The van der Waals surface area contributed by atoms with Gasteiger partial charge in [0, 0.05) is 13.0 Å². The van der Waals surface area contributed by atoms with Crippen molar-refractivity contribution in [2.75, 3.05) is 6.61 Å². The van der Waals surface area contributed by atoms with Crippen LogP contribution in [0.2, 0.25) is 0 Å². The molecule has 2 aromatic rings. The van der Waals surface area contributed by atoms with E-state index in [0.717, 1.165) is 48.8 Å². The normalized spacial score (nSPS) is 15.1. The van der Waals surface area contributed by atoms with Gasteiger partial charge in [0.2, 0.25) is 5.91 Å². The number of rotatable bonds is 6. The molecule has 1 amide bonds. The first-order chi connectivity index (χ1) is 12.1. The summed E-state index contributed by atoms with van der Waals surface area (Å²) in [6, 6.07) is 7.67. The number of para-hydroxylation sites is 1. The first-order valence-electron chi connectivity index (χ1n) is 9.05. The third-order valence-corrected chi connectivity index (χ3v) is 4.58. The number of aryl methyl sites for hydroxylation is 2. The van der Waals surface area contributed by atoms with Crippen LogP contribution >= 0.6 is 0 Å². The zero-order valence-corrected chi connectivity index (χ0v) is 15.0. The predicted octanol–water partition coefficient (Wildman–Crippen LogP) is 2.96. The molecule has 0 bridgehead atoms. The largest absolute Gasteiger partial charge is 0.493 e. The third-order valence-electron chi connectivity index (χ3n) is 4.58. The van der Waals surface area contributed by atoms with E-state index in [2.05, 4.69) is 20.1 Å². The Bertz CT molecular complexity index is 726. The van der Waals surface area contributed by atoms with Crippen molar-refractivity contribution < 1.29 is 9.53 Å². The molecule has 0 saturated heterocycles. The molecule has 0 fully saturated rings. The summed E-state index contributed by atoms with van der Waals surface area (Å²) in [4.78, 5) is 12.2. The second kappa shape index (κ2) is 8.14. The van der Waals surface area contributed by atoms with Crippen molar-refractivity contribution in [1.82, 2.24) is 20.1 Å². The molecule has 0 radical (unpaired) electrons. The molecule has 6 nitrogen and oxygen atoms in total. The molecule has 0 saturated carbocycles. The molecular weight excluding hydrogens is 316 g/mol. The zero-order valence-electron chi connectivity index (χ0n) is 15.0. The number of fused-ring (bicyclic) bond motifs is 1. The monoisotopic (exact) mass is 342 g/mol. The van der Waals surface area contributed by atoms with E-state index in [9.17, 15) is 4.79 Å². The van der Waals surface area contributed by atoms with Crippen LogP contribution in [0.15, 0.2) is 24.3 Å². The first-order valence-corrected chi connectivity index (χ1v) is 9.05. The number of ether oxygens (including phenoxy) is 1. The number of nitrogens with zero attached hydrogens (tertiary/aromatic N) is 3. The number of nitrogens with one attached hydrogen (secondary N) is 1. The fourth-order valence-corrected chi connectivity index (χ4v) is 3.18. The van der Waals surface area contributed by atoms with Crippen LogP contribution in [0.3, 0.4) is 0 Å². The summed E-state index contributed by atoms with van der Waals surface area (Å²) in [5.74, 6) is 2.68. The summed E-state index contributed by atoms with van der Waals surface area (Å²) in [5, 5.41) is 11.6. The Labute approximate surface area is 148 Å². The molecule has 0 aliphatic carbocycles. The molecule has 134 valence electrons. The van der Waals surface area contributed by atoms with Gasteiger partial charge in [0.15, 0.2) is 5.82 Å². The second-order valence-electron chi connectivity index (χ2n) is 6.59. The lowest BCUT2D eigenvalue weighted by atomic mass is 10.2. The Morgan fingerprint density at radius 2 is 2.12 bits per heavy atom. The minimum Gasteiger partial charge on any atom is -0.493 e. The van der Waals surface area contributed by atoms with Crippen molar-refractivity contribution in [3.05, 3.63) is 41.5 Å². The minimum atomic E-state index is -0.148. The van der Waals surface area contributed by atoms with E-state index in [1.54, 1.807) is 0 Å². The maximum absolute atomic E-state index is 12.2. The van der Waals surface area contributed by atoms with Gasteiger partial charge < -0.3 is 14.6 Å². The number of amides is 1. The van der Waals surface area contributed by atoms with Gasteiger partial charge in [0.1, 0.15) is 11.6 Å². The van der Waals surface area contributed by atoms with Gasteiger partial charge in [-0.15, -0.1) is 10.2 Å². The summed E-state index contributed by atoms with van der Waals surface area (Å²) in [6.07, 6.45) is 4.81. The topological polar surface area (TPSA) is 69.0 Å². The lowest BCUT2D eigenvalue weighted by Gasteiger charge is -2.15. The molecule has 0 spiro atoms. The molecule has 1 atom stereocenters. The van der Waals surface area contributed by atoms with E-state index in [1.165, 1.54) is 6.42 Å². The Balaban J connectivity index is 1.51. The highest BCUT2D eigenvalue weighted by Gasteiger charge is 2.20. The summed E-state index contributed by atoms with van der Waals surface area (Å²) in [5.41, 5.74) is 1.07. The average molecular weight is 342 g/mol. The number of hydrogen-bond acceptors (Lipinski definition) is 4. The van der Waals surface area contributed by atoms with Crippen LogP contribution in [0.4, 0.5) is 0 Å². The summed E-state index contributed by atoms with van der Waals surface area (Å²) in [6.45, 7) is 5.26. The highest BCUT2D eigenvalue weighted by atomic mass is 16.5. The Morgan fingerprint density at radius 1 is 1.28 bits per heavy atom. The summed E-state index contributed by atoms with van der Waals surface area (Å²) >= 11 is 0. The fourth-order valence-electron chi connectivity index (χ4n) is 3.18. The average Bonchev–Trinajstić information content (AvgIpc) is 2.85. The van der Waals surface area contributed by atoms with Crippen molar-refractivity contribution in [2.45, 2.75) is 58.5 Å². The minimum absolute atomic E-state index is 0.0351. The Kier molecular flexibility index (Phi) is 5.68. The second-order valence-corrected chi connectivity index (χ2v) is 6.59. The lowest BCUT2D eigenvalue weighted by molar-refractivity contribution is -0.122. The molecule has 1 aromatic carbocycles. The Morgan fingerprint density at radius 3 is 2.96 bits per heavy atom. The van der Waals surface area contributed by atoms with Crippen molar-refractivity contribution in [3.8, 4) is 5.75 Å². The van der Waals surface area contributed by atoms with Crippen LogP contribution in [-0.2, 0) is 17.8 Å². The van der Waals surface area contributed by atoms with Crippen molar-refractivity contribution in [3.63, 3.8) is 0 Å². The highest BCUT2D eigenvalue weighted by Crippen LogP contribution is 2.19. The van der Waals surface area contributed by atoms with E-state index in [1.807, 2.05) is 38.1 Å². The van der Waals surface area contributed by atoms with Crippen LogP contribution in [0.25, 0.3) is 0 Å². The number of carbonyl (C=O) groups excluding carboxylic acids is 1. The van der Waals surface area contributed by atoms with Gasteiger partial charge in [-0.05, 0) is 38.3 Å². The van der Waals surface area contributed by atoms with Crippen LogP contribution in [-0.4, -0.2) is 27.3 Å². The maximum atomic E-state index is 12.2. The van der Waals surface area contributed by atoms with Crippen molar-refractivity contribution >= 4 is 5.91 Å². The lowest BCUT2D eigenvalue weighted by Crippen LogP contribution is -2.30. The van der Waals surface area contributed by atoms with E-state index in [-0.39, 0.29) is 11.9 Å². The smallest absolute Gasteiger partial charge is 0.224 e. The van der Waals surface area contributed by atoms with E-state index < -0.39 is 0 Å². The molecule has 1 aromatic heterocycles. The standard InChI is InChI=1S/C19H26N4O2/c1-14-8-5-6-9-16(14)25-13-11-18(24)20-15(2)19-22-21-17-10-4-3-7-12-23(17)19/h5-6,8-9,15H,3-4,7,10-13H2,1-2H3,(H,20,24)/t15-/m0/s1. The van der Waals surface area contributed by atoms with Crippen LogP contribution in [0.1, 0.15) is 55.9 Å². The fraction of sp³-hybridized carbons (Fsp3) is 0.526. The van der Waals surface area contributed by atoms with E-state index in [0.29, 0.717) is 13.0 Å². The van der Waals surface area contributed by atoms with Gasteiger partial charge in [-0.25, -0.2) is 0 Å². The number of hydrogen-bond donors (Lipinski definition) is 1. The van der Waals surface area contributed by atoms with Crippen LogP contribution in [0, 0.1) is 6.92 Å². The molecule has 1 aliphatic heterocycles. The molecule has 2 heterocycles. The molecule has 25 heavy (non-hydrogen) atoms. The van der Waals surface area contributed by atoms with Crippen molar-refractivity contribution in [2.24, 2.45) is 0 Å². The van der Waals surface area contributed by atoms with Crippen LogP contribution in [0.5, 0.6) is 5.75 Å². The number of benzene rings is 1. The quantitative estimate of drug-likeness (QED) is 0.876. The van der Waals surface area contributed by atoms with E-state index >= 15 is 0 Å². The maximum Gasteiger partial charge on any atom is 0.224 e. The molecule has 0 unspecified atom stereocenters. The summed E-state index contributed by atoms with van der Waals surface area (Å²) < 4.78 is 7.86.